The lowest BCUT2D eigenvalue weighted by atomic mass is 9.91. The molecule has 0 radical (unpaired) electrons. The molecule has 3 saturated heterocycles. The van der Waals surface area contributed by atoms with E-state index in [9.17, 15) is 0 Å². The molecule has 0 unspecified atom stereocenters. The van der Waals surface area contributed by atoms with Crippen LogP contribution in [0.5, 0.6) is 0 Å². The maximum atomic E-state index is 5.62. The maximum Gasteiger partial charge on any atom is 0.113 e. The fraction of sp³-hybridized carbons (Fsp3) is 1.00. The molecular weight excluding hydrogens is 116 g/mol. The second-order valence-corrected chi connectivity index (χ2v) is 3.42. The van der Waals surface area contributed by atoms with E-state index in [1.165, 1.54) is 6.42 Å². The molecule has 3 aliphatic heterocycles. The molecule has 3 heterocycles. The van der Waals surface area contributed by atoms with Crippen LogP contribution >= 0.6 is 0 Å². The van der Waals surface area contributed by atoms with E-state index >= 15 is 0 Å². The minimum atomic E-state index is 0.458. The van der Waals surface area contributed by atoms with Gasteiger partial charge in [0.25, 0.3) is 0 Å². The van der Waals surface area contributed by atoms with E-state index in [4.69, 9.17) is 9.47 Å². The van der Waals surface area contributed by atoms with Crippen LogP contribution in [-0.4, -0.2) is 24.4 Å². The fourth-order valence-corrected chi connectivity index (χ4v) is 2.20. The smallest absolute Gasteiger partial charge is 0.113 e. The topological polar surface area (TPSA) is 21.8 Å². The molecule has 0 N–H and O–H groups in total. The Bertz CT molecular complexity index is 153. The Labute approximate surface area is 54.1 Å². The molecule has 50 valence electrons. The summed E-state index contributed by atoms with van der Waals surface area (Å²) in [7, 11) is 0. The zero-order chi connectivity index (χ0) is 6.01. The molecule has 9 heavy (non-hydrogen) atoms. The van der Waals surface area contributed by atoms with E-state index in [0.29, 0.717) is 24.4 Å². The molecule has 3 fully saturated rings. The molecule has 0 saturated carbocycles. The van der Waals surface area contributed by atoms with Crippen LogP contribution in [-0.2, 0) is 9.47 Å². The Balaban J connectivity index is 1.96. The van der Waals surface area contributed by atoms with Crippen molar-refractivity contribution in [3.05, 3.63) is 0 Å². The minimum Gasteiger partial charge on any atom is -0.369 e. The molecule has 2 bridgehead atoms. The average Bonchev–Trinajstić information content (AvgIpc) is 2.46. The van der Waals surface area contributed by atoms with Gasteiger partial charge in [-0.1, -0.05) is 6.92 Å². The molecule has 2 heteroatoms. The van der Waals surface area contributed by atoms with Crippen LogP contribution in [0.15, 0.2) is 0 Å². The van der Waals surface area contributed by atoms with Crippen molar-refractivity contribution in [1.82, 2.24) is 0 Å². The first-order valence-corrected chi connectivity index (χ1v) is 3.67. The van der Waals surface area contributed by atoms with Gasteiger partial charge in [0.1, 0.15) is 12.2 Å². The van der Waals surface area contributed by atoms with Crippen molar-refractivity contribution in [1.29, 1.82) is 0 Å². The number of fused-ring (bicyclic) bond motifs is 5. The van der Waals surface area contributed by atoms with Crippen LogP contribution in [0.1, 0.15) is 13.3 Å². The number of ether oxygens (including phenoxy) is 2. The van der Waals surface area contributed by atoms with E-state index in [0.717, 1.165) is 5.92 Å². The highest BCUT2D eigenvalue weighted by molar-refractivity contribution is 5.10. The van der Waals surface area contributed by atoms with E-state index in [1.54, 1.807) is 0 Å². The van der Waals surface area contributed by atoms with Gasteiger partial charge in [-0.3, -0.25) is 0 Å². The van der Waals surface area contributed by atoms with Gasteiger partial charge >= 0.3 is 0 Å². The lowest BCUT2D eigenvalue weighted by molar-refractivity contribution is 0.0133. The number of epoxide rings is 1. The third-order valence-electron chi connectivity index (χ3n) is 2.75. The molecule has 0 aromatic carbocycles. The standard InChI is InChI=1S/C7H10O2/c1-3-2-4-6-7(9-6)5(3)8-4/h3-7H,2H2,1H3/t3-,4+,5+,6+,7+/m0/s1. The van der Waals surface area contributed by atoms with Crippen LogP contribution in [0, 0.1) is 5.92 Å². The first kappa shape index (κ1) is 4.69. The van der Waals surface area contributed by atoms with Gasteiger partial charge in [-0.05, 0) is 12.3 Å². The summed E-state index contributed by atoms with van der Waals surface area (Å²) in [6.07, 6.45) is 3.16. The van der Waals surface area contributed by atoms with Crippen molar-refractivity contribution >= 4 is 0 Å². The Morgan fingerprint density at radius 1 is 1.11 bits per heavy atom. The van der Waals surface area contributed by atoms with Crippen LogP contribution in [0.4, 0.5) is 0 Å². The van der Waals surface area contributed by atoms with Crippen molar-refractivity contribution in [2.24, 2.45) is 5.92 Å². The zero-order valence-corrected chi connectivity index (χ0v) is 5.41. The lowest BCUT2D eigenvalue weighted by Crippen LogP contribution is -2.20. The van der Waals surface area contributed by atoms with Crippen LogP contribution in [0.25, 0.3) is 0 Å². The number of hydrogen-bond donors (Lipinski definition) is 0. The van der Waals surface area contributed by atoms with Gasteiger partial charge in [-0.15, -0.1) is 0 Å². The molecule has 2 nitrogen and oxygen atoms in total. The molecule has 3 rings (SSSR count). The highest BCUT2D eigenvalue weighted by Gasteiger charge is 2.63. The predicted molar refractivity (Wildman–Crippen MR) is 31.1 cm³/mol. The summed E-state index contributed by atoms with van der Waals surface area (Å²) in [4.78, 5) is 0. The highest BCUT2D eigenvalue weighted by atomic mass is 16.7. The normalized spacial score (nSPS) is 68.3. The first-order valence-electron chi connectivity index (χ1n) is 3.67. The fourth-order valence-electron chi connectivity index (χ4n) is 2.20. The summed E-state index contributed by atoms with van der Waals surface area (Å²) in [5.74, 6) is 0.749. The molecular formula is C7H10O2. The Kier molecular flexibility index (Phi) is 0.616. The second kappa shape index (κ2) is 1.18. The maximum absolute atomic E-state index is 5.62. The van der Waals surface area contributed by atoms with Crippen molar-refractivity contribution in [3.8, 4) is 0 Å². The van der Waals surface area contributed by atoms with Crippen molar-refractivity contribution < 1.29 is 9.47 Å². The Morgan fingerprint density at radius 3 is 2.56 bits per heavy atom. The molecule has 0 spiro atoms. The third-order valence-corrected chi connectivity index (χ3v) is 2.75. The molecule has 3 aliphatic rings. The first-order chi connectivity index (χ1) is 4.36. The largest absolute Gasteiger partial charge is 0.369 e. The number of rotatable bonds is 0. The summed E-state index contributed by atoms with van der Waals surface area (Å²) in [5.41, 5.74) is 0. The van der Waals surface area contributed by atoms with Gasteiger partial charge in [0.2, 0.25) is 0 Å². The van der Waals surface area contributed by atoms with Crippen LogP contribution < -0.4 is 0 Å². The summed E-state index contributed by atoms with van der Waals surface area (Å²) in [6, 6.07) is 0. The number of hydrogen-bond acceptors (Lipinski definition) is 2. The van der Waals surface area contributed by atoms with Gasteiger partial charge < -0.3 is 9.47 Å². The molecule has 0 aliphatic carbocycles. The van der Waals surface area contributed by atoms with Crippen molar-refractivity contribution in [2.45, 2.75) is 37.8 Å². The monoisotopic (exact) mass is 126 g/mol. The molecule has 0 aromatic rings. The van der Waals surface area contributed by atoms with Crippen molar-refractivity contribution in [3.63, 3.8) is 0 Å². The van der Waals surface area contributed by atoms with Gasteiger partial charge in [-0.2, -0.15) is 0 Å². The van der Waals surface area contributed by atoms with Gasteiger partial charge in [0, 0.05) is 0 Å². The predicted octanol–water partition coefficient (Wildman–Crippen LogP) is 0.561. The average molecular weight is 126 g/mol. The summed E-state index contributed by atoms with van der Waals surface area (Å²) in [5, 5.41) is 0. The Hall–Kier alpha value is -0.0800. The van der Waals surface area contributed by atoms with E-state index in [-0.39, 0.29) is 0 Å². The second-order valence-electron chi connectivity index (χ2n) is 3.42. The molecule has 0 aromatic heterocycles. The summed E-state index contributed by atoms with van der Waals surface area (Å²) in [6.45, 7) is 2.25. The van der Waals surface area contributed by atoms with Crippen LogP contribution in [0.3, 0.4) is 0 Å². The van der Waals surface area contributed by atoms with Gasteiger partial charge in [0.15, 0.2) is 0 Å². The zero-order valence-electron chi connectivity index (χ0n) is 5.41. The third kappa shape index (κ3) is 0.413. The molecule has 5 atom stereocenters. The lowest BCUT2D eigenvalue weighted by Gasteiger charge is -2.08. The van der Waals surface area contributed by atoms with E-state index in [2.05, 4.69) is 6.92 Å². The van der Waals surface area contributed by atoms with E-state index in [1.807, 2.05) is 0 Å². The van der Waals surface area contributed by atoms with Gasteiger partial charge in [-0.25, -0.2) is 0 Å². The van der Waals surface area contributed by atoms with Crippen LogP contribution in [0.2, 0.25) is 0 Å². The summed E-state index contributed by atoms with van der Waals surface area (Å²) < 4.78 is 11.0. The highest BCUT2D eigenvalue weighted by Crippen LogP contribution is 2.50. The quantitative estimate of drug-likeness (QED) is 0.442. The summed E-state index contributed by atoms with van der Waals surface area (Å²) >= 11 is 0. The van der Waals surface area contributed by atoms with E-state index < -0.39 is 0 Å². The molecule has 0 amide bonds. The minimum absolute atomic E-state index is 0.458. The Morgan fingerprint density at radius 2 is 2.00 bits per heavy atom. The van der Waals surface area contributed by atoms with Gasteiger partial charge in [0.05, 0.1) is 12.2 Å². The SMILES string of the molecule is C[C@H]1C[C@H]2O[C@H]1[C@H]1O[C@@H]12. The van der Waals surface area contributed by atoms with Crippen molar-refractivity contribution in [2.75, 3.05) is 0 Å².